The van der Waals surface area contributed by atoms with Gasteiger partial charge >= 0.3 is 0 Å². The van der Waals surface area contributed by atoms with Crippen molar-refractivity contribution in [3.8, 4) is 17.2 Å². The lowest BCUT2D eigenvalue weighted by Crippen LogP contribution is -2.24. The summed E-state index contributed by atoms with van der Waals surface area (Å²) in [5, 5.41) is 11.1. The molecule has 0 spiro atoms. The molecule has 0 atom stereocenters. The van der Waals surface area contributed by atoms with Gasteiger partial charge in [0.1, 0.15) is 17.2 Å². The molecule has 0 aliphatic rings. The normalized spacial score (nSPS) is 11.1. The molecule has 0 amide bonds. The van der Waals surface area contributed by atoms with Crippen LogP contribution in [-0.4, -0.2) is 34.7 Å². The average molecular weight is 396 g/mol. The Hall–Kier alpha value is -2.85. The van der Waals surface area contributed by atoms with Crippen LogP contribution in [0.5, 0.6) is 17.2 Å². The Morgan fingerprint density at radius 2 is 1.63 bits per heavy atom. The highest BCUT2D eigenvalue weighted by Crippen LogP contribution is 2.34. The number of benzene rings is 2. The number of sulfonamides is 1. The number of ether oxygens (including phenoxy) is 3. The Bertz CT molecular complexity index is 933. The van der Waals surface area contributed by atoms with Gasteiger partial charge in [-0.1, -0.05) is 6.07 Å². The van der Waals surface area contributed by atoms with Crippen LogP contribution in [0.4, 0.5) is 5.69 Å². The van der Waals surface area contributed by atoms with Gasteiger partial charge in [0, 0.05) is 30.3 Å². The number of rotatable bonds is 8. The van der Waals surface area contributed by atoms with Gasteiger partial charge in [-0.2, -0.15) is 0 Å². The Morgan fingerprint density at radius 1 is 1.04 bits per heavy atom. The average Bonchev–Trinajstić information content (AvgIpc) is 2.65. The van der Waals surface area contributed by atoms with Crippen LogP contribution in [0, 0.1) is 17.0 Å². The third kappa shape index (κ3) is 4.47. The molecule has 0 aliphatic carbocycles. The van der Waals surface area contributed by atoms with E-state index in [1.54, 1.807) is 12.1 Å². The van der Waals surface area contributed by atoms with Gasteiger partial charge in [-0.15, -0.1) is 0 Å². The number of nitro groups is 1. The summed E-state index contributed by atoms with van der Waals surface area (Å²) in [7, 11) is 0.373. The first kappa shape index (κ1) is 20.5. The second kappa shape index (κ2) is 8.23. The molecule has 10 heteroatoms. The van der Waals surface area contributed by atoms with Gasteiger partial charge < -0.3 is 14.2 Å². The van der Waals surface area contributed by atoms with Crippen LogP contribution in [-0.2, 0) is 16.6 Å². The van der Waals surface area contributed by atoms with Crippen LogP contribution in [0.3, 0.4) is 0 Å². The van der Waals surface area contributed by atoms with E-state index in [0.29, 0.717) is 28.4 Å². The smallest absolute Gasteiger partial charge is 0.273 e. The van der Waals surface area contributed by atoms with Crippen molar-refractivity contribution >= 4 is 15.7 Å². The minimum absolute atomic E-state index is 0.139. The Balaban J connectivity index is 2.36. The molecule has 0 saturated carbocycles. The third-order valence-corrected chi connectivity index (χ3v) is 5.34. The summed E-state index contributed by atoms with van der Waals surface area (Å²) in [6.45, 7) is 1.40. The van der Waals surface area contributed by atoms with Gasteiger partial charge in [-0.3, -0.25) is 10.1 Å². The molecule has 27 heavy (non-hydrogen) atoms. The molecule has 2 aromatic carbocycles. The summed E-state index contributed by atoms with van der Waals surface area (Å²) in [6, 6.07) is 6.93. The number of hydrogen-bond donors (Lipinski definition) is 1. The first-order valence-electron chi connectivity index (χ1n) is 7.77. The predicted molar refractivity (Wildman–Crippen MR) is 98.0 cm³/mol. The maximum Gasteiger partial charge on any atom is 0.273 e. The summed E-state index contributed by atoms with van der Waals surface area (Å²) in [5.41, 5.74) is 0.570. The molecule has 0 fully saturated rings. The van der Waals surface area contributed by atoms with E-state index in [4.69, 9.17) is 14.2 Å². The highest BCUT2D eigenvalue weighted by Gasteiger charge is 2.21. The summed E-state index contributed by atoms with van der Waals surface area (Å²) in [5.74, 6) is 1.25. The summed E-state index contributed by atoms with van der Waals surface area (Å²) < 4.78 is 43.3. The van der Waals surface area contributed by atoms with Gasteiger partial charge in [-0.05, 0) is 13.0 Å². The SMILES string of the molecule is COc1cc(OC)c(CNS(=O)(=O)c2ccc(C)c([N+](=O)[O-])c2)c(OC)c1. The quantitative estimate of drug-likeness (QED) is 0.538. The zero-order valence-corrected chi connectivity index (χ0v) is 16.1. The minimum Gasteiger partial charge on any atom is -0.496 e. The van der Waals surface area contributed by atoms with E-state index in [0.717, 1.165) is 6.07 Å². The maximum atomic E-state index is 12.6. The molecule has 0 saturated heterocycles. The number of hydrogen-bond acceptors (Lipinski definition) is 7. The van der Waals surface area contributed by atoms with Crippen LogP contribution in [0.15, 0.2) is 35.2 Å². The molecule has 0 bridgehead atoms. The highest BCUT2D eigenvalue weighted by atomic mass is 32.2. The topological polar surface area (TPSA) is 117 Å². The van der Waals surface area contributed by atoms with E-state index in [1.165, 1.54) is 40.4 Å². The van der Waals surface area contributed by atoms with Crippen LogP contribution < -0.4 is 18.9 Å². The van der Waals surface area contributed by atoms with E-state index in [2.05, 4.69) is 4.72 Å². The Morgan fingerprint density at radius 3 is 2.11 bits per heavy atom. The fourth-order valence-electron chi connectivity index (χ4n) is 2.46. The summed E-state index contributed by atoms with van der Waals surface area (Å²) >= 11 is 0. The number of nitrogens with zero attached hydrogens (tertiary/aromatic N) is 1. The Labute approximate surface area is 157 Å². The van der Waals surface area contributed by atoms with Crippen molar-refractivity contribution < 1.29 is 27.6 Å². The number of nitro benzene ring substituents is 1. The van der Waals surface area contributed by atoms with E-state index in [9.17, 15) is 18.5 Å². The lowest BCUT2D eigenvalue weighted by Gasteiger charge is -2.15. The maximum absolute atomic E-state index is 12.6. The zero-order chi connectivity index (χ0) is 20.2. The second-order valence-corrected chi connectivity index (χ2v) is 7.31. The standard InChI is InChI=1S/C17H20N2O7S/c1-11-5-6-13(9-15(11)19(20)21)27(22,23)18-10-14-16(25-3)7-12(24-2)8-17(14)26-4/h5-9,18H,10H2,1-4H3. The summed E-state index contributed by atoms with van der Waals surface area (Å²) in [4.78, 5) is 10.2. The monoisotopic (exact) mass is 396 g/mol. The molecule has 9 nitrogen and oxygen atoms in total. The molecule has 0 unspecified atom stereocenters. The molecule has 0 aliphatic heterocycles. The molecular formula is C17H20N2O7S. The predicted octanol–water partition coefficient (Wildman–Crippen LogP) is 2.41. The van der Waals surface area contributed by atoms with E-state index < -0.39 is 14.9 Å². The number of aryl methyl sites for hydroxylation is 1. The molecule has 2 aromatic rings. The molecule has 146 valence electrons. The van der Waals surface area contributed by atoms with Crippen molar-refractivity contribution in [1.82, 2.24) is 4.72 Å². The molecular weight excluding hydrogens is 376 g/mol. The van der Waals surface area contributed by atoms with Gasteiger partial charge in [0.25, 0.3) is 5.69 Å². The second-order valence-electron chi connectivity index (χ2n) is 5.54. The van der Waals surface area contributed by atoms with Crippen molar-refractivity contribution in [2.75, 3.05) is 21.3 Å². The fraction of sp³-hybridized carbons (Fsp3) is 0.294. The molecule has 0 heterocycles. The van der Waals surface area contributed by atoms with Crippen LogP contribution in [0.25, 0.3) is 0 Å². The minimum atomic E-state index is -3.99. The number of methoxy groups -OCH3 is 3. The van der Waals surface area contributed by atoms with Crippen LogP contribution in [0.2, 0.25) is 0 Å². The molecule has 0 radical (unpaired) electrons. The van der Waals surface area contributed by atoms with Crippen molar-refractivity contribution in [2.24, 2.45) is 0 Å². The molecule has 1 N–H and O–H groups in total. The van der Waals surface area contributed by atoms with E-state index in [-0.39, 0.29) is 17.1 Å². The van der Waals surface area contributed by atoms with Gasteiger partial charge in [-0.25, -0.2) is 13.1 Å². The van der Waals surface area contributed by atoms with Crippen LogP contribution in [0.1, 0.15) is 11.1 Å². The molecule has 2 rings (SSSR count). The zero-order valence-electron chi connectivity index (χ0n) is 15.3. The fourth-order valence-corrected chi connectivity index (χ4v) is 3.47. The van der Waals surface area contributed by atoms with Gasteiger partial charge in [0.05, 0.1) is 36.7 Å². The van der Waals surface area contributed by atoms with Crippen molar-refractivity contribution in [3.63, 3.8) is 0 Å². The van der Waals surface area contributed by atoms with E-state index in [1.807, 2.05) is 0 Å². The number of nitrogens with one attached hydrogen (secondary N) is 1. The summed E-state index contributed by atoms with van der Waals surface area (Å²) in [6.07, 6.45) is 0. The lowest BCUT2D eigenvalue weighted by atomic mass is 10.1. The van der Waals surface area contributed by atoms with Crippen molar-refractivity contribution in [2.45, 2.75) is 18.4 Å². The van der Waals surface area contributed by atoms with Gasteiger partial charge in [0.2, 0.25) is 10.0 Å². The largest absolute Gasteiger partial charge is 0.496 e. The Kier molecular flexibility index (Phi) is 6.24. The van der Waals surface area contributed by atoms with E-state index >= 15 is 0 Å². The lowest BCUT2D eigenvalue weighted by molar-refractivity contribution is -0.385. The first-order valence-corrected chi connectivity index (χ1v) is 9.25. The first-order chi connectivity index (χ1) is 12.7. The highest BCUT2D eigenvalue weighted by molar-refractivity contribution is 7.89. The van der Waals surface area contributed by atoms with Crippen molar-refractivity contribution in [1.29, 1.82) is 0 Å². The van der Waals surface area contributed by atoms with Gasteiger partial charge in [0.15, 0.2) is 0 Å². The van der Waals surface area contributed by atoms with Crippen molar-refractivity contribution in [3.05, 3.63) is 51.6 Å². The third-order valence-electron chi connectivity index (χ3n) is 3.94. The van der Waals surface area contributed by atoms with Crippen LogP contribution >= 0.6 is 0 Å². The molecule has 0 aromatic heterocycles.